The van der Waals surface area contributed by atoms with Gasteiger partial charge in [-0.1, -0.05) is 18.2 Å². The summed E-state index contributed by atoms with van der Waals surface area (Å²) in [7, 11) is 0. The standard InChI is InChI=1S/C16H14N2O2S/c1-21-15-7-13(17)10(6-11(15)16(19)20)12-8-18-14-5-3-2-4-9(12)14/h2-8,18H,17H2,1H3,(H,19,20). The first-order chi connectivity index (χ1) is 10.1. The predicted molar refractivity (Wildman–Crippen MR) is 86.9 cm³/mol. The third kappa shape index (κ3) is 2.25. The maximum absolute atomic E-state index is 11.4. The highest BCUT2D eigenvalue weighted by Crippen LogP contribution is 2.36. The van der Waals surface area contributed by atoms with Gasteiger partial charge >= 0.3 is 5.97 Å². The van der Waals surface area contributed by atoms with Gasteiger partial charge < -0.3 is 15.8 Å². The normalized spacial score (nSPS) is 10.9. The molecule has 0 atom stereocenters. The minimum Gasteiger partial charge on any atom is -0.478 e. The number of nitrogens with two attached hydrogens (primary N) is 1. The van der Waals surface area contributed by atoms with Gasteiger partial charge in [-0.3, -0.25) is 0 Å². The second-order valence-electron chi connectivity index (χ2n) is 4.69. The second-order valence-corrected chi connectivity index (χ2v) is 5.54. The van der Waals surface area contributed by atoms with Crippen molar-refractivity contribution in [2.45, 2.75) is 4.90 Å². The number of aromatic amines is 1. The summed E-state index contributed by atoms with van der Waals surface area (Å²) in [6.07, 6.45) is 3.70. The van der Waals surface area contributed by atoms with Gasteiger partial charge in [0.1, 0.15) is 0 Å². The number of aromatic carboxylic acids is 1. The van der Waals surface area contributed by atoms with Crippen molar-refractivity contribution in [2.75, 3.05) is 12.0 Å². The highest BCUT2D eigenvalue weighted by molar-refractivity contribution is 7.98. The molecule has 4 nitrogen and oxygen atoms in total. The van der Waals surface area contributed by atoms with E-state index in [2.05, 4.69) is 4.98 Å². The van der Waals surface area contributed by atoms with Crippen LogP contribution in [0.5, 0.6) is 0 Å². The van der Waals surface area contributed by atoms with Crippen molar-refractivity contribution < 1.29 is 9.90 Å². The lowest BCUT2D eigenvalue weighted by Crippen LogP contribution is -2.01. The number of para-hydroxylation sites is 1. The molecule has 4 N–H and O–H groups in total. The zero-order valence-corrected chi connectivity index (χ0v) is 12.2. The molecule has 0 aliphatic rings. The molecule has 1 aromatic heterocycles. The molecule has 2 aromatic carbocycles. The zero-order valence-electron chi connectivity index (χ0n) is 11.4. The Labute approximate surface area is 126 Å². The maximum Gasteiger partial charge on any atom is 0.336 e. The molecule has 106 valence electrons. The van der Waals surface area contributed by atoms with Crippen molar-refractivity contribution in [1.82, 2.24) is 4.98 Å². The number of fused-ring (bicyclic) bond motifs is 1. The van der Waals surface area contributed by atoms with Gasteiger partial charge in [-0.25, -0.2) is 4.79 Å². The number of nitrogen functional groups attached to an aromatic ring is 1. The molecule has 0 bridgehead atoms. The summed E-state index contributed by atoms with van der Waals surface area (Å²) in [5.74, 6) is -0.944. The van der Waals surface area contributed by atoms with Crippen molar-refractivity contribution in [3.05, 3.63) is 48.2 Å². The van der Waals surface area contributed by atoms with Crippen molar-refractivity contribution in [3.63, 3.8) is 0 Å². The number of anilines is 1. The van der Waals surface area contributed by atoms with Gasteiger partial charge in [0.05, 0.1) is 5.56 Å². The predicted octanol–water partition coefficient (Wildman–Crippen LogP) is 3.84. The lowest BCUT2D eigenvalue weighted by Gasteiger charge is -2.10. The molecule has 0 saturated heterocycles. The van der Waals surface area contributed by atoms with E-state index in [-0.39, 0.29) is 5.56 Å². The van der Waals surface area contributed by atoms with E-state index >= 15 is 0 Å². The Morgan fingerprint density at radius 2 is 2.00 bits per heavy atom. The van der Waals surface area contributed by atoms with E-state index in [1.165, 1.54) is 11.8 Å². The number of nitrogens with one attached hydrogen (secondary N) is 1. The Kier molecular flexibility index (Phi) is 3.35. The van der Waals surface area contributed by atoms with Crippen molar-refractivity contribution in [3.8, 4) is 11.1 Å². The van der Waals surface area contributed by atoms with Gasteiger partial charge in [-0.15, -0.1) is 11.8 Å². The van der Waals surface area contributed by atoms with E-state index in [9.17, 15) is 9.90 Å². The van der Waals surface area contributed by atoms with E-state index in [1.807, 2.05) is 36.7 Å². The van der Waals surface area contributed by atoms with Crippen LogP contribution in [0.25, 0.3) is 22.0 Å². The Morgan fingerprint density at radius 3 is 2.71 bits per heavy atom. The quantitative estimate of drug-likeness (QED) is 0.507. The molecule has 3 aromatic rings. The Morgan fingerprint density at radius 1 is 1.24 bits per heavy atom. The number of carbonyl (C=O) groups is 1. The van der Waals surface area contributed by atoms with Gasteiger partial charge in [-0.2, -0.15) is 0 Å². The van der Waals surface area contributed by atoms with Crippen LogP contribution in [0.1, 0.15) is 10.4 Å². The summed E-state index contributed by atoms with van der Waals surface area (Å²) in [5.41, 5.74) is 9.63. The minimum absolute atomic E-state index is 0.275. The molecule has 0 spiro atoms. The largest absolute Gasteiger partial charge is 0.478 e. The molecule has 0 fully saturated rings. The van der Waals surface area contributed by atoms with Crippen LogP contribution in [0, 0.1) is 0 Å². The molecule has 5 heteroatoms. The van der Waals surface area contributed by atoms with Crippen LogP contribution < -0.4 is 5.73 Å². The van der Waals surface area contributed by atoms with Crippen LogP contribution in [0.2, 0.25) is 0 Å². The molecule has 1 heterocycles. The minimum atomic E-state index is -0.944. The first kappa shape index (κ1) is 13.6. The first-order valence-electron chi connectivity index (χ1n) is 6.39. The van der Waals surface area contributed by atoms with E-state index in [0.717, 1.165) is 22.0 Å². The van der Waals surface area contributed by atoms with Crippen LogP contribution in [-0.2, 0) is 0 Å². The van der Waals surface area contributed by atoms with Gasteiger partial charge in [0, 0.05) is 38.8 Å². The lowest BCUT2D eigenvalue weighted by atomic mass is 10.0. The molecule has 3 rings (SSSR count). The number of thioether (sulfide) groups is 1. The summed E-state index contributed by atoms with van der Waals surface area (Å²) in [5, 5.41) is 10.4. The van der Waals surface area contributed by atoms with E-state index in [1.54, 1.807) is 12.1 Å². The van der Waals surface area contributed by atoms with Gasteiger partial charge in [-0.05, 0) is 24.5 Å². The van der Waals surface area contributed by atoms with Gasteiger partial charge in [0.2, 0.25) is 0 Å². The fourth-order valence-corrected chi connectivity index (χ4v) is 3.07. The first-order valence-corrected chi connectivity index (χ1v) is 7.61. The Balaban J connectivity index is 2.27. The number of carboxylic acid groups (broad SMARTS) is 1. The van der Waals surface area contributed by atoms with Gasteiger partial charge in [0.15, 0.2) is 0 Å². The van der Waals surface area contributed by atoms with Crippen LogP contribution in [0.15, 0.2) is 47.5 Å². The summed E-state index contributed by atoms with van der Waals surface area (Å²) < 4.78 is 0. The monoisotopic (exact) mass is 298 g/mol. The smallest absolute Gasteiger partial charge is 0.336 e. The van der Waals surface area contributed by atoms with Crippen LogP contribution in [-0.4, -0.2) is 22.3 Å². The molecule has 0 radical (unpaired) electrons. The number of hydrogen-bond donors (Lipinski definition) is 3. The average Bonchev–Trinajstić information content (AvgIpc) is 2.90. The fourth-order valence-electron chi connectivity index (χ4n) is 2.46. The molecule has 0 aliphatic carbocycles. The summed E-state index contributed by atoms with van der Waals surface area (Å²) in [6.45, 7) is 0. The number of aromatic nitrogens is 1. The van der Waals surface area contributed by atoms with Crippen molar-refractivity contribution >= 4 is 34.3 Å². The van der Waals surface area contributed by atoms with Crippen molar-refractivity contribution in [2.24, 2.45) is 0 Å². The molecule has 21 heavy (non-hydrogen) atoms. The number of rotatable bonds is 3. The molecule has 0 aliphatic heterocycles. The highest BCUT2D eigenvalue weighted by Gasteiger charge is 2.16. The van der Waals surface area contributed by atoms with Crippen LogP contribution >= 0.6 is 11.8 Å². The SMILES string of the molecule is CSc1cc(N)c(-c2c[nH]c3ccccc23)cc1C(=O)O. The number of hydrogen-bond acceptors (Lipinski definition) is 3. The van der Waals surface area contributed by atoms with Crippen molar-refractivity contribution in [1.29, 1.82) is 0 Å². The molecule has 0 saturated carbocycles. The Hall–Kier alpha value is -2.40. The molecule has 0 unspecified atom stereocenters. The van der Waals surface area contributed by atoms with E-state index in [0.29, 0.717) is 10.6 Å². The van der Waals surface area contributed by atoms with Crippen LogP contribution in [0.3, 0.4) is 0 Å². The van der Waals surface area contributed by atoms with E-state index in [4.69, 9.17) is 5.73 Å². The average molecular weight is 298 g/mol. The molecule has 0 amide bonds. The topological polar surface area (TPSA) is 79.1 Å². The maximum atomic E-state index is 11.4. The fraction of sp³-hybridized carbons (Fsp3) is 0.0625. The molecular formula is C16H14N2O2S. The third-order valence-electron chi connectivity index (χ3n) is 3.48. The number of benzene rings is 2. The summed E-state index contributed by atoms with van der Waals surface area (Å²) in [6, 6.07) is 11.2. The third-order valence-corrected chi connectivity index (χ3v) is 4.26. The zero-order chi connectivity index (χ0) is 15.0. The lowest BCUT2D eigenvalue weighted by molar-refractivity contribution is 0.0693. The molecular weight excluding hydrogens is 284 g/mol. The van der Waals surface area contributed by atoms with Gasteiger partial charge in [0.25, 0.3) is 0 Å². The second kappa shape index (κ2) is 5.18. The number of carboxylic acids is 1. The summed E-state index contributed by atoms with van der Waals surface area (Å²) in [4.78, 5) is 15.3. The number of H-pyrrole nitrogens is 1. The highest BCUT2D eigenvalue weighted by atomic mass is 32.2. The van der Waals surface area contributed by atoms with E-state index < -0.39 is 5.97 Å². The summed E-state index contributed by atoms with van der Waals surface area (Å²) >= 11 is 1.38. The Bertz CT molecular complexity index is 839. The van der Waals surface area contributed by atoms with Crippen LogP contribution in [0.4, 0.5) is 5.69 Å².